The van der Waals surface area contributed by atoms with E-state index in [4.69, 9.17) is 5.11 Å². The number of hydrogen-bond donors (Lipinski definition) is 1. The Hall–Kier alpha value is -1.58. The summed E-state index contributed by atoms with van der Waals surface area (Å²) in [5, 5.41) is 8.21. The Labute approximate surface area is 69.9 Å². The van der Waals surface area contributed by atoms with Crippen molar-refractivity contribution in [1.82, 2.24) is 0 Å². The molecule has 0 atom stereocenters. The monoisotopic (exact) mass is 167 g/mol. The Morgan fingerprint density at radius 1 is 1.75 bits per heavy atom. The number of hydrogen-bond acceptors (Lipinski definition) is 3. The van der Waals surface area contributed by atoms with E-state index < -0.39 is 6.16 Å². The second-order valence-electron chi connectivity index (χ2n) is 2.26. The van der Waals surface area contributed by atoms with E-state index in [0.29, 0.717) is 6.42 Å². The van der Waals surface area contributed by atoms with Crippen molar-refractivity contribution < 1.29 is 14.6 Å². The highest BCUT2D eigenvalue weighted by atomic mass is 16.7. The molecule has 0 unspecified atom stereocenters. The lowest BCUT2D eigenvalue weighted by Gasteiger charge is -2.01. The maximum atomic E-state index is 10.0. The summed E-state index contributed by atoms with van der Waals surface area (Å²) in [7, 11) is 0. The molecule has 0 aliphatic carbocycles. The Morgan fingerprint density at radius 2 is 2.58 bits per heavy atom. The normalized spacial score (nSPS) is 15.2. The number of carbonyl (C=O) groups is 1. The van der Waals surface area contributed by atoms with E-state index in [0.717, 1.165) is 5.57 Å². The van der Waals surface area contributed by atoms with E-state index in [1.165, 1.54) is 0 Å². The first-order chi connectivity index (χ1) is 5.79. The van der Waals surface area contributed by atoms with Crippen LogP contribution in [0, 0.1) is 0 Å². The molecule has 0 bridgehead atoms. The molecule has 64 valence electrons. The lowest BCUT2D eigenvalue weighted by atomic mass is 10.2. The first-order valence-corrected chi connectivity index (χ1v) is 3.51. The number of ether oxygens (including phenoxy) is 1. The van der Waals surface area contributed by atoms with Crippen molar-refractivity contribution in [2.45, 2.75) is 6.42 Å². The van der Waals surface area contributed by atoms with E-state index in [-0.39, 0.29) is 6.61 Å². The quantitative estimate of drug-likeness (QED) is 0.635. The molecule has 4 heteroatoms. The van der Waals surface area contributed by atoms with Crippen LogP contribution >= 0.6 is 0 Å². The van der Waals surface area contributed by atoms with Crippen LogP contribution in [-0.4, -0.2) is 24.1 Å². The average Bonchev–Trinajstić information content (AvgIpc) is 2.28. The summed E-state index contributed by atoms with van der Waals surface area (Å²) in [4.78, 5) is 13.9. The topological polar surface area (TPSA) is 58.9 Å². The zero-order valence-corrected chi connectivity index (χ0v) is 6.43. The summed E-state index contributed by atoms with van der Waals surface area (Å²) < 4.78 is 4.39. The summed E-state index contributed by atoms with van der Waals surface area (Å²) in [5.74, 6) is 0. The van der Waals surface area contributed by atoms with Gasteiger partial charge < -0.3 is 9.84 Å². The van der Waals surface area contributed by atoms with Crippen LogP contribution in [0.5, 0.6) is 0 Å². The average molecular weight is 167 g/mol. The van der Waals surface area contributed by atoms with Gasteiger partial charge in [0, 0.05) is 18.8 Å². The minimum absolute atomic E-state index is 0.117. The fraction of sp³-hybridized carbons (Fsp3) is 0.250. The van der Waals surface area contributed by atoms with Gasteiger partial charge >= 0.3 is 6.16 Å². The second-order valence-corrected chi connectivity index (χ2v) is 2.26. The fourth-order valence-electron chi connectivity index (χ4n) is 0.789. The molecule has 4 nitrogen and oxygen atoms in total. The van der Waals surface area contributed by atoms with Crippen LogP contribution in [0.1, 0.15) is 6.42 Å². The van der Waals surface area contributed by atoms with Gasteiger partial charge in [-0.25, -0.2) is 4.79 Å². The van der Waals surface area contributed by atoms with Crippen molar-refractivity contribution in [3.05, 3.63) is 23.9 Å². The minimum Gasteiger partial charge on any atom is -0.450 e. The molecule has 1 N–H and O–H groups in total. The van der Waals surface area contributed by atoms with Gasteiger partial charge in [0.25, 0.3) is 0 Å². The third kappa shape index (κ3) is 3.01. The predicted octanol–water partition coefficient (Wildman–Crippen LogP) is 1.60. The Bertz CT molecular complexity index is 253. The van der Waals surface area contributed by atoms with Crippen LogP contribution < -0.4 is 0 Å². The Kier molecular flexibility index (Phi) is 3.07. The first kappa shape index (κ1) is 8.52. The van der Waals surface area contributed by atoms with Crippen molar-refractivity contribution in [3.8, 4) is 0 Å². The van der Waals surface area contributed by atoms with Gasteiger partial charge in [-0.2, -0.15) is 0 Å². The molecule has 0 saturated heterocycles. The number of nitrogens with zero attached hydrogens (tertiary/aromatic N) is 1. The molecule has 1 aliphatic rings. The molecule has 1 heterocycles. The smallest absolute Gasteiger partial charge is 0.450 e. The van der Waals surface area contributed by atoms with Gasteiger partial charge in [-0.15, -0.1) is 0 Å². The summed E-state index contributed by atoms with van der Waals surface area (Å²) in [5.41, 5.74) is 0.898. The molecule has 0 saturated carbocycles. The van der Waals surface area contributed by atoms with Gasteiger partial charge in [-0.05, 0) is 11.6 Å². The highest BCUT2D eigenvalue weighted by Gasteiger charge is 2.00. The van der Waals surface area contributed by atoms with Crippen molar-refractivity contribution in [2.75, 3.05) is 6.61 Å². The van der Waals surface area contributed by atoms with Crippen molar-refractivity contribution in [1.29, 1.82) is 0 Å². The van der Waals surface area contributed by atoms with E-state index in [2.05, 4.69) is 9.73 Å². The van der Waals surface area contributed by atoms with Crippen LogP contribution in [-0.2, 0) is 4.74 Å². The number of rotatable bonds is 2. The SMILES string of the molecule is O=C(O)OCC1=CC=CN=CC1. The molecule has 0 fully saturated rings. The van der Waals surface area contributed by atoms with Crippen molar-refractivity contribution in [3.63, 3.8) is 0 Å². The predicted molar refractivity (Wildman–Crippen MR) is 44.3 cm³/mol. The van der Waals surface area contributed by atoms with E-state index >= 15 is 0 Å². The molecule has 1 aliphatic heterocycles. The minimum atomic E-state index is -1.25. The van der Waals surface area contributed by atoms with E-state index in [1.807, 2.05) is 0 Å². The Morgan fingerprint density at radius 3 is 3.33 bits per heavy atom. The maximum Gasteiger partial charge on any atom is 0.506 e. The molecule has 0 amide bonds. The highest BCUT2D eigenvalue weighted by Crippen LogP contribution is 2.03. The van der Waals surface area contributed by atoms with Gasteiger partial charge in [0.15, 0.2) is 0 Å². The number of aliphatic imine (C=N–C) groups is 1. The molecule has 0 radical (unpaired) electrons. The van der Waals surface area contributed by atoms with Crippen LogP contribution in [0.15, 0.2) is 28.9 Å². The zero-order valence-electron chi connectivity index (χ0n) is 6.43. The number of carboxylic acid groups (broad SMARTS) is 1. The van der Waals surface area contributed by atoms with Crippen molar-refractivity contribution >= 4 is 12.4 Å². The Balaban J connectivity index is 2.41. The van der Waals surface area contributed by atoms with Crippen LogP contribution in [0.25, 0.3) is 0 Å². The lowest BCUT2D eigenvalue weighted by molar-refractivity contribution is 0.0994. The third-order valence-electron chi connectivity index (χ3n) is 1.34. The molecule has 0 aromatic rings. The summed E-state index contributed by atoms with van der Waals surface area (Å²) in [6.07, 6.45) is 6.30. The summed E-state index contributed by atoms with van der Waals surface area (Å²) in [6, 6.07) is 0. The van der Waals surface area contributed by atoms with Crippen LogP contribution in [0.4, 0.5) is 4.79 Å². The molecule has 0 spiro atoms. The highest BCUT2D eigenvalue weighted by molar-refractivity contribution is 5.63. The molecule has 0 aromatic carbocycles. The molecule has 0 aromatic heterocycles. The van der Waals surface area contributed by atoms with Gasteiger partial charge in [0.05, 0.1) is 0 Å². The summed E-state index contributed by atoms with van der Waals surface area (Å²) >= 11 is 0. The number of allylic oxidation sites excluding steroid dienone is 2. The van der Waals surface area contributed by atoms with Gasteiger partial charge in [-0.1, -0.05) is 6.08 Å². The second kappa shape index (κ2) is 4.33. The molecule has 12 heavy (non-hydrogen) atoms. The maximum absolute atomic E-state index is 10.0. The molecule has 1 rings (SSSR count). The van der Waals surface area contributed by atoms with E-state index in [1.54, 1.807) is 24.6 Å². The van der Waals surface area contributed by atoms with Gasteiger partial charge in [0.2, 0.25) is 0 Å². The van der Waals surface area contributed by atoms with Crippen molar-refractivity contribution in [2.24, 2.45) is 4.99 Å². The molecular weight excluding hydrogens is 158 g/mol. The van der Waals surface area contributed by atoms with Crippen LogP contribution in [0.3, 0.4) is 0 Å². The standard InChI is InChI=1S/C8H9NO3/c10-8(11)12-6-7-2-1-4-9-5-3-7/h1-2,4-5H,3,6H2,(H,10,11). The fourth-order valence-corrected chi connectivity index (χ4v) is 0.789. The van der Waals surface area contributed by atoms with Gasteiger partial charge in [-0.3, -0.25) is 4.99 Å². The zero-order chi connectivity index (χ0) is 8.81. The largest absolute Gasteiger partial charge is 0.506 e. The lowest BCUT2D eigenvalue weighted by Crippen LogP contribution is -2.04. The van der Waals surface area contributed by atoms with Gasteiger partial charge in [0.1, 0.15) is 6.61 Å². The van der Waals surface area contributed by atoms with Crippen LogP contribution in [0.2, 0.25) is 0 Å². The van der Waals surface area contributed by atoms with E-state index in [9.17, 15) is 4.79 Å². The first-order valence-electron chi connectivity index (χ1n) is 3.51. The summed E-state index contributed by atoms with van der Waals surface area (Å²) in [6.45, 7) is 0.117. The third-order valence-corrected chi connectivity index (χ3v) is 1.34. The molecular formula is C8H9NO3.